The quantitative estimate of drug-likeness (QED) is 0.493. The van der Waals surface area contributed by atoms with E-state index < -0.39 is 0 Å². The van der Waals surface area contributed by atoms with E-state index in [-0.39, 0.29) is 5.91 Å². The molecule has 0 bridgehead atoms. The Morgan fingerprint density at radius 1 is 1.12 bits per heavy atom. The number of aromatic nitrogens is 2. The van der Waals surface area contributed by atoms with Crippen LogP contribution in [0.25, 0.3) is 10.8 Å². The van der Waals surface area contributed by atoms with E-state index in [1.807, 2.05) is 22.4 Å². The summed E-state index contributed by atoms with van der Waals surface area (Å²) in [6.45, 7) is 10.4. The average Bonchev–Trinajstić information content (AvgIpc) is 3.47. The maximum Gasteiger partial charge on any atom is 0.257 e. The summed E-state index contributed by atoms with van der Waals surface area (Å²) in [6, 6.07) is 12.6. The number of carbonyl (C=O) groups excluding carboxylic acids is 1. The third-order valence-corrected chi connectivity index (χ3v) is 6.54. The van der Waals surface area contributed by atoms with Crippen molar-refractivity contribution in [2.24, 2.45) is 0 Å². The molecule has 3 aromatic rings. The van der Waals surface area contributed by atoms with E-state index in [2.05, 4.69) is 58.1 Å². The Hall–Kier alpha value is -2.55. The van der Waals surface area contributed by atoms with Crippen LogP contribution in [0.5, 0.6) is 0 Å². The average molecular weight is 454 g/mol. The Morgan fingerprint density at radius 2 is 1.94 bits per heavy atom. The first-order valence-corrected chi connectivity index (χ1v) is 12.1. The zero-order valence-electron chi connectivity index (χ0n) is 18.9. The molecule has 1 amide bonds. The zero-order chi connectivity index (χ0) is 22.3. The molecule has 1 fully saturated rings. The lowest BCUT2D eigenvalue weighted by Gasteiger charge is -2.35. The largest absolute Gasteiger partial charge is 0.418 e. The lowest BCUT2D eigenvalue weighted by atomic mass is 10.1. The van der Waals surface area contributed by atoms with Gasteiger partial charge in [-0.05, 0) is 30.4 Å². The van der Waals surface area contributed by atoms with Crippen LogP contribution in [-0.2, 0) is 17.9 Å². The van der Waals surface area contributed by atoms with Crippen molar-refractivity contribution in [3.8, 4) is 10.8 Å². The highest BCUT2D eigenvalue weighted by Gasteiger charge is 2.23. The number of nitrogens with zero attached hydrogens (tertiary/aromatic N) is 5. The Kier molecular flexibility index (Phi) is 7.68. The number of hydrogen-bond donors (Lipinski definition) is 0. The van der Waals surface area contributed by atoms with Gasteiger partial charge in [0.25, 0.3) is 5.89 Å². The van der Waals surface area contributed by atoms with Crippen molar-refractivity contribution < 1.29 is 9.21 Å². The summed E-state index contributed by atoms with van der Waals surface area (Å²) < 4.78 is 5.80. The van der Waals surface area contributed by atoms with Gasteiger partial charge in [-0.15, -0.1) is 21.5 Å². The van der Waals surface area contributed by atoms with Gasteiger partial charge < -0.3 is 9.32 Å². The molecule has 0 radical (unpaired) electrons. The summed E-state index contributed by atoms with van der Waals surface area (Å²) in [5.74, 6) is 1.12. The summed E-state index contributed by atoms with van der Waals surface area (Å²) in [7, 11) is 0. The van der Waals surface area contributed by atoms with Gasteiger partial charge in [-0.1, -0.05) is 42.8 Å². The van der Waals surface area contributed by atoms with E-state index in [4.69, 9.17) is 4.42 Å². The van der Waals surface area contributed by atoms with Crippen LogP contribution in [0.15, 0.2) is 46.2 Å². The number of amides is 1. The molecule has 1 aliphatic rings. The fourth-order valence-electron chi connectivity index (χ4n) is 4.01. The van der Waals surface area contributed by atoms with E-state index in [9.17, 15) is 4.79 Å². The molecule has 1 saturated heterocycles. The second-order valence-corrected chi connectivity index (χ2v) is 9.28. The van der Waals surface area contributed by atoms with Crippen LogP contribution < -0.4 is 0 Å². The van der Waals surface area contributed by atoms with Crippen molar-refractivity contribution >= 4 is 17.2 Å². The summed E-state index contributed by atoms with van der Waals surface area (Å²) >= 11 is 1.56. The minimum absolute atomic E-state index is 0.120. The van der Waals surface area contributed by atoms with Crippen LogP contribution in [0, 0.1) is 6.92 Å². The van der Waals surface area contributed by atoms with Gasteiger partial charge in [0, 0.05) is 39.3 Å². The van der Waals surface area contributed by atoms with Gasteiger partial charge in [-0.3, -0.25) is 14.6 Å². The Morgan fingerprint density at radius 3 is 2.66 bits per heavy atom. The fraction of sp³-hybridized carbons (Fsp3) is 0.458. The molecule has 3 heterocycles. The van der Waals surface area contributed by atoms with Crippen molar-refractivity contribution in [2.75, 3.05) is 39.3 Å². The molecule has 0 spiro atoms. The number of piperazine rings is 1. The summed E-state index contributed by atoms with van der Waals surface area (Å²) in [6.07, 6.45) is 0.891. The normalized spacial score (nSPS) is 15.2. The second kappa shape index (κ2) is 10.8. The molecular formula is C24H31N5O2S. The Bertz CT molecular complexity index is 996. The first-order valence-electron chi connectivity index (χ1n) is 11.2. The highest BCUT2D eigenvalue weighted by Crippen LogP contribution is 2.23. The van der Waals surface area contributed by atoms with Crippen LogP contribution in [0.3, 0.4) is 0 Å². The van der Waals surface area contributed by atoms with Crippen molar-refractivity contribution in [3.63, 3.8) is 0 Å². The highest BCUT2D eigenvalue weighted by molar-refractivity contribution is 7.13. The Labute approximate surface area is 193 Å². The molecule has 1 aromatic carbocycles. The van der Waals surface area contributed by atoms with Gasteiger partial charge in [0.1, 0.15) is 0 Å². The van der Waals surface area contributed by atoms with Gasteiger partial charge in [-0.25, -0.2) is 0 Å². The number of benzene rings is 1. The molecule has 8 heteroatoms. The molecular weight excluding hydrogens is 422 g/mol. The summed E-state index contributed by atoms with van der Waals surface area (Å²) in [4.78, 5) is 20.5. The molecule has 2 aromatic heterocycles. The van der Waals surface area contributed by atoms with E-state index in [0.717, 1.165) is 44.0 Å². The van der Waals surface area contributed by atoms with Gasteiger partial charge in [0.2, 0.25) is 11.8 Å². The monoisotopic (exact) mass is 453 g/mol. The third-order valence-electron chi connectivity index (χ3n) is 5.68. The first kappa shape index (κ1) is 22.6. The van der Waals surface area contributed by atoms with Crippen LogP contribution in [0.4, 0.5) is 0 Å². The number of rotatable bonds is 9. The minimum atomic E-state index is 0.120. The number of carbonyl (C=O) groups is 1. The lowest BCUT2D eigenvalue weighted by Crippen LogP contribution is -2.49. The summed E-state index contributed by atoms with van der Waals surface area (Å²) in [5.41, 5.74) is 2.65. The molecule has 1 aliphatic heterocycles. The third kappa shape index (κ3) is 6.03. The van der Waals surface area contributed by atoms with E-state index in [1.54, 1.807) is 11.3 Å². The number of thiophene rings is 1. The van der Waals surface area contributed by atoms with Crippen LogP contribution >= 0.6 is 11.3 Å². The predicted molar refractivity (Wildman–Crippen MR) is 126 cm³/mol. The van der Waals surface area contributed by atoms with Crippen LogP contribution in [-0.4, -0.2) is 70.1 Å². The molecule has 32 heavy (non-hydrogen) atoms. The SMILES string of the molecule is CCCN(Cc1nnc(-c2cccs2)o1)C(=O)CN1CCN(Cc2cccc(C)c2)CC1. The van der Waals surface area contributed by atoms with Gasteiger partial charge in [0.15, 0.2) is 0 Å². The van der Waals surface area contributed by atoms with Crippen LogP contribution in [0.2, 0.25) is 0 Å². The molecule has 0 aliphatic carbocycles. The molecule has 0 atom stereocenters. The lowest BCUT2D eigenvalue weighted by molar-refractivity contribution is -0.133. The first-order chi connectivity index (χ1) is 15.6. The second-order valence-electron chi connectivity index (χ2n) is 8.33. The molecule has 0 saturated carbocycles. The molecule has 0 unspecified atom stereocenters. The number of aryl methyl sites for hydroxylation is 1. The van der Waals surface area contributed by atoms with Crippen molar-refractivity contribution in [1.82, 2.24) is 24.9 Å². The standard InChI is InChI=1S/C24H31N5O2S/c1-3-9-29(17-22-25-26-24(31-22)21-8-5-14-32-21)23(30)18-28-12-10-27(11-13-28)16-20-7-4-6-19(2)15-20/h4-8,14-15H,3,9-13,16-18H2,1-2H3. The van der Waals surface area contributed by atoms with Gasteiger partial charge >= 0.3 is 0 Å². The molecule has 0 N–H and O–H groups in total. The Balaban J connectivity index is 1.28. The van der Waals surface area contributed by atoms with E-state index >= 15 is 0 Å². The molecule has 170 valence electrons. The van der Waals surface area contributed by atoms with Gasteiger partial charge in [-0.2, -0.15) is 0 Å². The van der Waals surface area contributed by atoms with E-state index in [1.165, 1.54) is 11.1 Å². The van der Waals surface area contributed by atoms with Crippen molar-refractivity contribution in [2.45, 2.75) is 33.4 Å². The molecule has 4 rings (SSSR count). The van der Waals surface area contributed by atoms with Crippen molar-refractivity contribution in [1.29, 1.82) is 0 Å². The highest BCUT2D eigenvalue weighted by atomic mass is 32.1. The minimum Gasteiger partial charge on any atom is -0.418 e. The fourth-order valence-corrected chi connectivity index (χ4v) is 4.65. The topological polar surface area (TPSA) is 65.7 Å². The maximum absolute atomic E-state index is 13.0. The van der Waals surface area contributed by atoms with Crippen molar-refractivity contribution in [3.05, 3.63) is 58.8 Å². The van der Waals surface area contributed by atoms with Crippen LogP contribution in [0.1, 0.15) is 30.4 Å². The van der Waals surface area contributed by atoms with Gasteiger partial charge in [0.05, 0.1) is 18.0 Å². The summed E-state index contributed by atoms with van der Waals surface area (Å²) in [5, 5.41) is 10.3. The smallest absolute Gasteiger partial charge is 0.257 e. The van der Waals surface area contributed by atoms with E-state index in [0.29, 0.717) is 31.4 Å². The maximum atomic E-state index is 13.0. The predicted octanol–water partition coefficient (Wildman–Crippen LogP) is 3.66. The number of hydrogen-bond acceptors (Lipinski definition) is 7. The zero-order valence-corrected chi connectivity index (χ0v) is 19.7. The molecule has 7 nitrogen and oxygen atoms in total.